The molecule has 1 N–H and O–H groups in total. The largest absolute Gasteiger partial charge is 0.419 e. The van der Waals surface area contributed by atoms with E-state index in [1.54, 1.807) is 0 Å². The second-order valence-corrected chi connectivity index (χ2v) is 3.67. The summed E-state index contributed by atoms with van der Waals surface area (Å²) in [5.74, 6) is -0.0466. The predicted octanol–water partition coefficient (Wildman–Crippen LogP) is 3.06. The van der Waals surface area contributed by atoms with Gasteiger partial charge in [-0.05, 0) is 31.4 Å². The third-order valence-electron chi connectivity index (χ3n) is 2.56. The summed E-state index contributed by atoms with van der Waals surface area (Å²) >= 11 is 0. The Morgan fingerprint density at radius 2 is 2.07 bits per heavy atom. The molecule has 0 bridgehead atoms. The Hall–Kier alpha value is -1.26. The van der Waals surface area contributed by atoms with Crippen LogP contribution in [0.1, 0.15) is 24.8 Å². The van der Waals surface area contributed by atoms with Crippen LogP contribution in [-0.2, 0) is 6.18 Å². The number of aromatic nitrogens is 1. The summed E-state index contributed by atoms with van der Waals surface area (Å²) < 4.78 is 37.6. The third-order valence-corrected chi connectivity index (χ3v) is 2.56. The molecule has 1 aliphatic carbocycles. The van der Waals surface area contributed by atoms with Crippen LogP contribution in [0.3, 0.4) is 0 Å². The molecule has 0 saturated heterocycles. The summed E-state index contributed by atoms with van der Waals surface area (Å²) in [6.07, 6.45) is -0.0375. The number of alkyl halides is 3. The number of pyridine rings is 1. The topological polar surface area (TPSA) is 24.9 Å². The molecule has 15 heavy (non-hydrogen) atoms. The number of nitrogens with zero attached hydrogens (tertiary/aromatic N) is 1. The highest BCUT2D eigenvalue weighted by Crippen LogP contribution is 2.34. The molecule has 1 saturated carbocycles. The van der Waals surface area contributed by atoms with E-state index < -0.39 is 11.7 Å². The van der Waals surface area contributed by atoms with Gasteiger partial charge in [0.2, 0.25) is 0 Å². The first-order valence-corrected chi connectivity index (χ1v) is 4.86. The zero-order chi connectivity index (χ0) is 10.9. The highest BCUT2D eigenvalue weighted by atomic mass is 19.4. The van der Waals surface area contributed by atoms with Crippen molar-refractivity contribution in [2.24, 2.45) is 0 Å². The van der Waals surface area contributed by atoms with E-state index in [9.17, 15) is 13.2 Å². The summed E-state index contributed by atoms with van der Waals surface area (Å²) in [7, 11) is 0. The predicted molar refractivity (Wildman–Crippen MR) is 50.5 cm³/mol. The van der Waals surface area contributed by atoms with E-state index in [1.807, 2.05) is 0 Å². The van der Waals surface area contributed by atoms with Crippen LogP contribution < -0.4 is 5.32 Å². The highest BCUT2D eigenvalue weighted by Gasteiger charge is 2.34. The van der Waals surface area contributed by atoms with E-state index in [0.29, 0.717) is 0 Å². The van der Waals surface area contributed by atoms with Crippen LogP contribution in [0.15, 0.2) is 18.3 Å². The molecule has 0 atom stereocenters. The molecule has 1 aromatic rings. The fourth-order valence-electron chi connectivity index (χ4n) is 1.50. The monoisotopic (exact) mass is 216 g/mol. The smallest absolute Gasteiger partial charge is 0.367 e. The summed E-state index contributed by atoms with van der Waals surface area (Å²) in [4.78, 5) is 3.74. The quantitative estimate of drug-likeness (QED) is 0.821. The van der Waals surface area contributed by atoms with Gasteiger partial charge in [0.15, 0.2) is 0 Å². The van der Waals surface area contributed by atoms with Crippen molar-refractivity contribution < 1.29 is 13.2 Å². The van der Waals surface area contributed by atoms with Gasteiger partial charge in [0.1, 0.15) is 5.82 Å². The molecule has 0 spiro atoms. The van der Waals surface area contributed by atoms with Gasteiger partial charge in [0, 0.05) is 12.2 Å². The lowest BCUT2D eigenvalue weighted by Gasteiger charge is -2.28. The van der Waals surface area contributed by atoms with Gasteiger partial charge in [-0.2, -0.15) is 13.2 Å². The Balaban J connectivity index is 2.21. The molecule has 0 aromatic carbocycles. The maximum atomic E-state index is 12.5. The maximum Gasteiger partial charge on any atom is 0.419 e. The minimum absolute atomic E-state index is 0.0466. The zero-order valence-corrected chi connectivity index (χ0v) is 8.01. The van der Waals surface area contributed by atoms with E-state index in [1.165, 1.54) is 12.3 Å². The number of anilines is 1. The molecule has 2 rings (SSSR count). The van der Waals surface area contributed by atoms with Crippen molar-refractivity contribution in [2.45, 2.75) is 31.5 Å². The second-order valence-electron chi connectivity index (χ2n) is 3.67. The van der Waals surface area contributed by atoms with Gasteiger partial charge in [-0.3, -0.25) is 0 Å². The van der Waals surface area contributed by atoms with Crippen molar-refractivity contribution >= 4 is 5.82 Å². The molecule has 82 valence electrons. The van der Waals surface area contributed by atoms with Crippen LogP contribution in [0.2, 0.25) is 0 Å². The van der Waals surface area contributed by atoms with Crippen molar-refractivity contribution in [3.63, 3.8) is 0 Å². The van der Waals surface area contributed by atoms with Crippen LogP contribution in [0.4, 0.5) is 19.0 Å². The average Bonchev–Trinajstić information content (AvgIpc) is 2.10. The van der Waals surface area contributed by atoms with Crippen LogP contribution in [-0.4, -0.2) is 11.0 Å². The molecular weight excluding hydrogens is 205 g/mol. The molecule has 1 aliphatic rings. The summed E-state index contributed by atoms with van der Waals surface area (Å²) in [6.45, 7) is 0. The Morgan fingerprint density at radius 3 is 2.60 bits per heavy atom. The summed E-state index contributed by atoms with van der Waals surface area (Å²) in [6, 6.07) is 2.50. The first-order valence-electron chi connectivity index (χ1n) is 4.86. The molecule has 1 aromatic heterocycles. The maximum absolute atomic E-state index is 12.5. The first kappa shape index (κ1) is 10.3. The first-order chi connectivity index (χ1) is 7.07. The summed E-state index contributed by atoms with van der Waals surface area (Å²) in [5.41, 5.74) is -0.683. The molecule has 2 nitrogen and oxygen atoms in total. The van der Waals surface area contributed by atoms with Gasteiger partial charge in [-0.1, -0.05) is 0 Å². The standard InChI is InChI=1S/C10H11F3N2/c11-10(12,13)8-5-2-6-14-9(8)15-7-3-1-4-7/h2,5-7H,1,3-4H2,(H,14,15). The van der Waals surface area contributed by atoms with Crippen molar-refractivity contribution in [1.82, 2.24) is 4.98 Å². The minimum Gasteiger partial charge on any atom is -0.367 e. The SMILES string of the molecule is FC(F)(F)c1cccnc1NC1CCC1. The zero-order valence-electron chi connectivity index (χ0n) is 8.01. The minimum atomic E-state index is -4.33. The summed E-state index contributed by atoms with van der Waals surface area (Å²) in [5, 5.41) is 2.82. The Kier molecular flexibility index (Phi) is 2.54. The van der Waals surface area contributed by atoms with Gasteiger partial charge in [-0.25, -0.2) is 4.98 Å². The fourth-order valence-corrected chi connectivity index (χ4v) is 1.50. The van der Waals surface area contributed by atoms with Crippen LogP contribution >= 0.6 is 0 Å². The van der Waals surface area contributed by atoms with Crippen LogP contribution in [0, 0.1) is 0 Å². The molecule has 0 radical (unpaired) electrons. The van der Waals surface area contributed by atoms with Crippen molar-refractivity contribution in [2.75, 3.05) is 5.32 Å². The van der Waals surface area contributed by atoms with Crippen molar-refractivity contribution in [3.05, 3.63) is 23.9 Å². The van der Waals surface area contributed by atoms with Gasteiger partial charge in [0.05, 0.1) is 5.56 Å². The van der Waals surface area contributed by atoms with E-state index in [4.69, 9.17) is 0 Å². The Morgan fingerprint density at radius 1 is 1.33 bits per heavy atom. The Bertz CT molecular complexity index is 345. The number of hydrogen-bond acceptors (Lipinski definition) is 2. The lowest BCUT2D eigenvalue weighted by Crippen LogP contribution is -2.28. The molecular formula is C10H11F3N2. The normalized spacial score (nSPS) is 17.3. The second kappa shape index (κ2) is 3.72. The molecule has 0 unspecified atom stereocenters. The lowest BCUT2D eigenvalue weighted by atomic mass is 9.93. The number of hydrogen-bond donors (Lipinski definition) is 1. The molecule has 1 fully saturated rings. The van der Waals surface area contributed by atoms with Gasteiger partial charge >= 0.3 is 6.18 Å². The van der Waals surface area contributed by atoms with Gasteiger partial charge in [-0.15, -0.1) is 0 Å². The molecule has 5 heteroatoms. The third kappa shape index (κ3) is 2.22. The molecule has 1 heterocycles. The average molecular weight is 216 g/mol. The fraction of sp³-hybridized carbons (Fsp3) is 0.500. The Labute approximate surface area is 85.5 Å². The lowest BCUT2D eigenvalue weighted by molar-refractivity contribution is -0.137. The van der Waals surface area contributed by atoms with Crippen molar-refractivity contribution in [3.8, 4) is 0 Å². The van der Waals surface area contributed by atoms with E-state index in [2.05, 4.69) is 10.3 Å². The molecule has 0 amide bonds. The van der Waals surface area contributed by atoms with Crippen LogP contribution in [0.5, 0.6) is 0 Å². The van der Waals surface area contributed by atoms with E-state index in [-0.39, 0.29) is 11.9 Å². The number of rotatable bonds is 2. The van der Waals surface area contributed by atoms with Gasteiger partial charge in [0.25, 0.3) is 0 Å². The number of nitrogens with one attached hydrogen (secondary N) is 1. The van der Waals surface area contributed by atoms with Crippen LogP contribution in [0.25, 0.3) is 0 Å². The molecule has 0 aliphatic heterocycles. The van der Waals surface area contributed by atoms with E-state index in [0.717, 1.165) is 25.3 Å². The number of halogens is 3. The highest BCUT2D eigenvalue weighted by molar-refractivity contribution is 5.46. The van der Waals surface area contributed by atoms with Crippen molar-refractivity contribution in [1.29, 1.82) is 0 Å². The van der Waals surface area contributed by atoms with E-state index >= 15 is 0 Å². The van der Waals surface area contributed by atoms with Gasteiger partial charge < -0.3 is 5.32 Å².